The van der Waals surface area contributed by atoms with Gasteiger partial charge in [-0.2, -0.15) is 0 Å². The topological polar surface area (TPSA) is 87.3 Å². The molecule has 0 saturated carbocycles. The minimum absolute atomic E-state index is 0.190. The largest absolute Gasteiger partial charge is 0.356 e. The fraction of sp³-hybridized carbons (Fsp3) is 0.0870. The summed E-state index contributed by atoms with van der Waals surface area (Å²) in [5.74, 6) is -0.275. The Morgan fingerprint density at radius 1 is 0.833 bits per heavy atom. The lowest BCUT2D eigenvalue weighted by molar-refractivity contribution is -0.111. The second-order valence-corrected chi connectivity index (χ2v) is 8.23. The van der Waals surface area contributed by atoms with Crippen LogP contribution in [0, 0.1) is 0 Å². The monoisotopic (exact) mass is 421 g/mol. The van der Waals surface area contributed by atoms with Gasteiger partial charge in [-0.25, -0.2) is 13.1 Å². The summed E-state index contributed by atoms with van der Waals surface area (Å²) < 4.78 is 26.3. The normalized spacial score (nSPS) is 11.4. The van der Waals surface area contributed by atoms with E-state index in [1.54, 1.807) is 25.1 Å². The second-order valence-electron chi connectivity index (χ2n) is 6.46. The minimum atomic E-state index is -3.48. The van der Waals surface area contributed by atoms with E-state index in [-0.39, 0.29) is 10.8 Å². The van der Waals surface area contributed by atoms with Crippen LogP contribution in [0.15, 0.2) is 89.8 Å². The molecule has 30 heavy (non-hydrogen) atoms. The molecule has 0 radical (unpaired) electrons. The summed E-state index contributed by atoms with van der Waals surface area (Å²) in [7, 11) is -3.48. The summed E-state index contributed by atoms with van der Waals surface area (Å²) in [6.45, 7) is 2.05. The molecule has 0 fully saturated rings. The third-order valence-corrected chi connectivity index (χ3v) is 5.73. The van der Waals surface area contributed by atoms with Gasteiger partial charge in [0.2, 0.25) is 15.9 Å². The zero-order chi connectivity index (χ0) is 21.4. The summed E-state index contributed by atoms with van der Waals surface area (Å²) in [6, 6.07) is 23.5. The zero-order valence-electron chi connectivity index (χ0n) is 16.5. The molecule has 0 aromatic heterocycles. The van der Waals surface area contributed by atoms with E-state index in [9.17, 15) is 13.2 Å². The van der Waals surface area contributed by atoms with Gasteiger partial charge in [-0.15, -0.1) is 0 Å². The average molecular weight is 422 g/mol. The standard InChI is InChI=1S/C23H23N3O3S/c1-2-24-30(28,29)22-15-8-18(9-16-22)10-17-23(27)26-21-13-11-20(12-14-21)25-19-6-4-3-5-7-19/h3-17,24-25H,2H2,1H3,(H,26,27)/b17-10+. The highest BCUT2D eigenvalue weighted by atomic mass is 32.2. The van der Waals surface area contributed by atoms with Crippen LogP contribution in [0.4, 0.5) is 17.1 Å². The number of rotatable bonds is 8. The molecular weight excluding hydrogens is 398 g/mol. The van der Waals surface area contributed by atoms with Gasteiger partial charge in [0.1, 0.15) is 0 Å². The third kappa shape index (κ3) is 6.04. The van der Waals surface area contributed by atoms with Crippen LogP contribution in [0.3, 0.4) is 0 Å². The third-order valence-electron chi connectivity index (χ3n) is 4.17. The van der Waals surface area contributed by atoms with Crippen molar-refractivity contribution in [2.75, 3.05) is 17.2 Å². The summed E-state index contributed by atoms with van der Waals surface area (Å²) in [5.41, 5.74) is 3.31. The van der Waals surface area contributed by atoms with Gasteiger partial charge in [0, 0.05) is 29.7 Å². The van der Waals surface area contributed by atoms with Gasteiger partial charge in [0.15, 0.2) is 0 Å². The van der Waals surface area contributed by atoms with Crippen molar-refractivity contribution in [3.63, 3.8) is 0 Å². The Hall–Kier alpha value is -3.42. The number of amides is 1. The SMILES string of the molecule is CCNS(=O)(=O)c1ccc(/C=C/C(=O)Nc2ccc(Nc3ccccc3)cc2)cc1. The highest BCUT2D eigenvalue weighted by Crippen LogP contribution is 2.18. The lowest BCUT2D eigenvalue weighted by Gasteiger charge is -2.08. The van der Waals surface area contributed by atoms with E-state index >= 15 is 0 Å². The average Bonchev–Trinajstić information content (AvgIpc) is 2.75. The summed E-state index contributed by atoms with van der Waals surface area (Å²) >= 11 is 0. The molecule has 0 aliphatic heterocycles. The van der Waals surface area contributed by atoms with Gasteiger partial charge in [0.05, 0.1) is 4.90 Å². The van der Waals surface area contributed by atoms with Crippen LogP contribution in [0.2, 0.25) is 0 Å². The highest BCUT2D eigenvalue weighted by Gasteiger charge is 2.11. The Morgan fingerprint density at radius 2 is 1.43 bits per heavy atom. The molecule has 6 nitrogen and oxygen atoms in total. The maximum Gasteiger partial charge on any atom is 0.248 e. The van der Waals surface area contributed by atoms with Crippen LogP contribution >= 0.6 is 0 Å². The maximum atomic E-state index is 12.2. The number of sulfonamides is 1. The number of hydrogen-bond acceptors (Lipinski definition) is 4. The van der Waals surface area contributed by atoms with Gasteiger partial charge in [-0.3, -0.25) is 4.79 Å². The predicted octanol–water partition coefficient (Wildman–Crippen LogP) is 4.38. The molecule has 0 saturated heterocycles. The van der Waals surface area contributed by atoms with Gasteiger partial charge in [-0.1, -0.05) is 37.3 Å². The molecule has 0 spiro atoms. The molecule has 7 heteroatoms. The van der Waals surface area contributed by atoms with Crippen LogP contribution in [0.5, 0.6) is 0 Å². The van der Waals surface area contributed by atoms with Crippen LogP contribution in [0.1, 0.15) is 12.5 Å². The number of anilines is 3. The van der Waals surface area contributed by atoms with Crippen molar-refractivity contribution in [1.82, 2.24) is 4.72 Å². The Balaban J connectivity index is 1.56. The van der Waals surface area contributed by atoms with Crippen molar-refractivity contribution in [2.24, 2.45) is 0 Å². The Labute approximate surface area is 176 Å². The van der Waals surface area contributed by atoms with Crippen LogP contribution < -0.4 is 15.4 Å². The molecule has 0 aliphatic rings. The quantitative estimate of drug-likeness (QED) is 0.471. The molecule has 1 amide bonds. The smallest absolute Gasteiger partial charge is 0.248 e. The number of nitrogens with one attached hydrogen (secondary N) is 3. The molecule has 0 bridgehead atoms. The lowest BCUT2D eigenvalue weighted by Crippen LogP contribution is -2.22. The van der Waals surface area contributed by atoms with Crippen molar-refractivity contribution in [3.8, 4) is 0 Å². The Morgan fingerprint density at radius 3 is 2.07 bits per heavy atom. The molecule has 154 valence electrons. The predicted molar refractivity (Wildman–Crippen MR) is 121 cm³/mol. The summed E-state index contributed by atoms with van der Waals surface area (Å²) in [4.78, 5) is 12.3. The molecule has 0 unspecified atom stereocenters. The van der Waals surface area contributed by atoms with E-state index in [4.69, 9.17) is 0 Å². The van der Waals surface area contributed by atoms with E-state index in [2.05, 4.69) is 15.4 Å². The molecule has 3 aromatic carbocycles. The Kier molecular flexibility index (Phi) is 7.00. The maximum absolute atomic E-state index is 12.2. The van der Waals surface area contributed by atoms with Crippen LogP contribution in [0.25, 0.3) is 6.08 Å². The first-order chi connectivity index (χ1) is 14.5. The molecular formula is C23H23N3O3S. The van der Waals surface area contributed by atoms with E-state index in [0.29, 0.717) is 12.2 Å². The first-order valence-electron chi connectivity index (χ1n) is 9.47. The second kappa shape index (κ2) is 9.87. The number of carbonyl (C=O) groups excluding carboxylic acids is 1. The van der Waals surface area contributed by atoms with Crippen molar-refractivity contribution in [3.05, 3.63) is 90.5 Å². The molecule has 0 atom stereocenters. The van der Waals surface area contributed by atoms with Gasteiger partial charge in [-0.05, 0) is 60.2 Å². The molecule has 3 N–H and O–H groups in total. The van der Waals surface area contributed by atoms with Gasteiger partial charge >= 0.3 is 0 Å². The fourth-order valence-electron chi connectivity index (χ4n) is 2.71. The van der Waals surface area contributed by atoms with Crippen LogP contribution in [-0.4, -0.2) is 20.9 Å². The van der Waals surface area contributed by atoms with E-state index in [1.165, 1.54) is 18.2 Å². The Bertz CT molecular complexity index is 1110. The van der Waals surface area contributed by atoms with Crippen molar-refractivity contribution in [2.45, 2.75) is 11.8 Å². The van der Waals surface area contributed by atoms with Crippen molar-refractivity contribution < 1.29 is 13.2 Å². The molecule has 0 aliphatic carbocycles. The molecule has 3 rings (SSSR count). The zero-order valence-corrected chi connectivity index (χ0v) is 17.3. The van der Waals surface area contributed by atoms with E-state index in [1.807, 2.05) is 54.6 Å². The van der Waals surface area contributed by atoms with Crippen molar-refractivity contribution in [1.29, 1.82) is 0 Å². The number of benzene rings is 3. The number of para-hydroxylation sites is 1. The highest BCUT2D eigenvalue weighted by molar-refractivity contribution is 7.89. The lowest BCUT2D eigenvalue weighted by atomic mass is 10.2. The molecule has 3 aromatic rings. The number of carbonyl (C=O) groups is 1. The number of hydrogen-bond donors (Lipinski definition) is 3. The van der Waals surface area contributed by atoms with E-state index < -0.39 is 10.0 Å². The van der Waals surface area contributed by atoms with E-state index in [0.717, 1.165) is 16.9 Å². The first-order valence-corrected chi connectivity index (χ1v) is 11.0. The first kappa shape index (κ1) is 21.3. The van der Waals surface area contributed by atoms with Gasteiger partial charge < -0.3 is 10.6 Å². The van der Waals surface area contributed by atoms with Crippen LogP contribution in [-0.2, 0) is 14.8 Å². The van der Waals surface area contributed by atoms with Gasteiger partial charge in [0.25, 0.3) is 0 Å². The summed E-state index contributed by atoms with van der Waals surface area (Å²) in [6.07, 6.45) is 3.04. The minimum Gasteiger partial charge on any atom is -0.356 e. The fourth-order valence-corrected chi connectivity index (χ4v) is 3.75. The van der Waals surface area contributed by atoms with Crippen molar-refractivity contribution >= 4 is 39.1 Å². The molecule has 0 heterocycles. The summed E-state index contributed by atoms with van der Waals surface area (Å²) in [5, 5.41) is 6.08.